The van der Waals surface area contributed by atoms with Gasteiger partial charge >= 0.3 is 0 Å². The summed E-state index contributed by atoms with van der Waals surface area (Å²) >= 11 is 0. The molecule has 0 atom stereocenters. The van der Waals surface area contributed by atoms with Crippen molar-refractivity contribution >= 4 is 11.9 Å². The van der Waals surface area contributed by atoms with Crippen LogP contribution in [0.15, 0.2) is 18.7 Å². The first kappa shape index (κ1) is 13.7. The number of aliphatic hydroxyl groups is 1. The Kier molecular flexibility index (Phi) is 3.67. The molecule has 0 bridgehead atoms. The van der Waals surface area contributed by atoms with Gasteiger partial charge in [0.15, 0.2) is 0 Å². The van der Waals surface area contributed by atoms with Crippen LogP contribution in [-0.4, -0.2) is 42.8 Å². The summed E-state index contributed by atoms with van der Waals surface area (Å²) in [7, 11) is 0. The monoisotopic (exact) mass is 290 g/mol. The highest BCUT2D eigenvalue weighted by atomic mass is 16.3. The van der Waals surface area contributed by atoms with Gasteiger partial charge < -0.3 is 10.4 Å². The number of anilines is 2. The van der Waals surface area contributed by atoms with Gasteiger partial charge in [-0.05, 0) is 24.7 Å². The first-order valence-electron chi connectivity index (χ1n) is 6.80. The number of aromatic nitrogens is 5. The van der Waals surface area contributed by atoms with E-state index in [1.165, 1.54) is 0 Å². The second-order valence-corrected chi connectivity index (χ2v) is 5.22. The third-order valence-corrected chi connectivity index (χ3v) is 3.71. The Balaban J connectivity index is 1.77. The minimum Gasteiger partial charge on any atom is -0.396 e. The first-order chi connectivity index (χ1) is 10.2. The van der Waals surface area contributed by atoms with Gasteiger partial charge in [0.2, 0.25) is 17.8 Å². The Hall–Kier alpha value is -2.26. The van der Waals surface area contributed by atoms with Crippen molar-refractivity contribution in [2.24, 2.45) is 11.3 Å². The lowest BCUT2D eigenvalue weighted by molar-refractivity contribution is 0.253. The van der Waals surface area contributed by atoms with Crippen LogP contribution in [-0.2, 0) is 0 Å². The molecule has 1 aliphatic rings. The van der Waals surface area contributed by atoms with Gasteiger partial charge in [0, 0.05) is 25.5 Å². The van der Waals surface area contributed by atoms with Crippen LogP contribution in [0.5, 0.6) is 0 Å². The molecule has 2 aromatic rings. The molecule has 5 N–H and O–H groups in total. The van der Waals surface area contributed by atoms with Crippen molar-refractivity contribution in [2.75, 3.05) is 23.9 Å². The normalized spacial score (nSPS) is 15.7. The molecule has 9 heteroatoms. The van der Waals surface area contributed by atoms with Crippen molar-refractivity contribution in [1.29, 1.82) is 0 Å². The Labute approximate surface area is 121 Å². The highest BCUT2D eigenvalue weighted by Gasteiger charge is 2.41. The van der Waals surface area contributed by atoms with E-state index in [-0.39, 0.29) is 18.0 Å². The highest BCUT2D eigenvalue weighted by molar-refractivity contribution is 5.37. The number of hydrogen-bond acceptors (Lipinski definition) is 8. The number of aliphatic hydroxyl groups excluding tert-OH is 1. The topological polar surface area (TPSA) is 127 Å². The second-order valence-electron chi connectivity index (χ2n) is 5.22. The van der Waals surface area contributed by atoms with E-state index >= 15 is 0 Å². The lowest BCUT2D eigenvalue weighted by Crippen LogP contribution is -2.20. The minimum absolute atomic E-state index is 0.173. The van der Waals surface area contributed by atoms with Crippen molar-refractivity contribution in [3.8, 4) is 5.95 Å². The van der Waals surface area contributed by atoms with Gasteiger partial charge in [0.1, 0.15) is 6.33 Å². The Morgan fingerprint density at radius 1 is 1.29 bits per heavy atom. The number of nitrogens with one attached hydrogen (secondary N) is 2. The van der Waals surface area contributed by atoms with E-state index in [1.807, 2.05) is 0 Å². The van der Waals surface area contributed by atoms with E-state index in [0.717, 1.165) is 25.8 Å². The number of nitrogen functional groups attached to an aromatic ring is 1. The van der Waals surface area contributed by atoms with Crippen molar-refractivity contribution < 1.29 is 5.11 Å². The maximum absolute atomic E-state index is 9.08. The molecule has 2 aromatic heterocycles. The summed E-state index contributed by atoms with van der Waals surface area (Å²) in [6.07, 6.45) is 8.01. The van der Waals surface area contributed by atoms with Crippen LogP contribution in [0.4, 0.5) is 11.9 Å². The molecule has 0 amide bonds. The van der Waals surface area contributed by atoms with E-state index in [0.29, 0.717) is 11.9 Å². The van der Waals surface area contributed by atoms with Crippen LogP contribution in [0.3, 0.4) is 0 Å². The molecule has 2 heterocycles. The number of nitrogens with two attached hydrogens (primary N) is 1. The molecule has 1 saturated carbocycles. The number of hydrazine groups is 1. The lowest BCUT2D eigenvalue weighted by Gasteiger charge is -2.15. The average Bonchev–Trinajstić information content (AvgIpc) is 3.05. The molecule has 9 nitrogen and oxygen atoms in total. The number of nitrogens with zero attached hydrogens (tertiary/aromatic N) is 5. The molecule has 0 radical (unpaired) electrons. The largest absolute Gasteiger partial charge is 0.396 e. The van der Waals surface area contributed by atoms with Crippen LogP contribution >= 0.6 is 0 Å². The molecular formula is C12H18N8O. The zero-order chi connectivity index (χ0) is 14.7. The predicted octanol–water partition coefficient (Wildman–Crippen LogP) is -0.0826. The molecule has 1 fully saturated rings. The van der Waals surface area contributed by atoms with Gasteiger partial charge in [-0.3, -0.25) is 9.99 Å². The zero-order valence-corrected chi connectivity index (χ0v) is 11.5. The Morgan fingerprint density at radius 2 is 2.10 bits per heavy atom. The summed E-state index contributed by atoms with van der Waals surface area (Å²) < 4.78 is 1.67. The quantitative estimate of drug-likeness (QED) is 0.412. The lowest BCUT2D eigenvalue weighted by atomic mass is 10.0. The third-order valence-electron chi connectivity index (χ3n) is 3.71. The highest BCUT2D eigenvalue weighted by Crippen LogP contribution is 2.48. The summed E-state index contributed by atoms with van der Waals surface area (Å²) in [4.78, 5) is 16.7. The smallest absolute Gasteiger partial charge is 0.243 e. The van der Waals surface area contributed by atoms with Gasteiger partial charge in [-0.25, -0.2) is 10.8 Å². The molecule has 0 saturated heterocycles. The molecule has 112 valence electrons. The average molecular weight is 290 g/mol. The first-order valence-corrected chi connectivity index (χ1v) is 6.80. The molecule has 21 heavy (non-hydrogen) atoms. The predicted molar refractivity (Wildman–Crippen MR) is 76.6 cm³/mol. The summed E-state index contributed by atoms with van der Waals surface area (Å²) in [5.41, 5.74) is 2.61. The standard InChI is InChI=1S/C12H18N8O/c13-19-10-16-9(15-7-12(1-2-12)3-6-21)17-11(18-10)20-5-4-14-8-20/h4-5,8,21H,1-3,6-7,13H2,(H2,15,16,17,18,19). The van der Waals surface area contributed by atoms with Gasteiger partial charge in [0.05, 0.1) is 0 Å². The minimum atomic E-state index is 0.173. The summed E-state index contributed by atoms with van der Waals surface area (Å²) in [5.74, 6) is 6.56. The molecular weight excluding hydrogens is 272 g/mol. The Bertz CT molecular complexity index is 595. The van der Waals surface area contributed by atoms with E-state index in [1.54, 1.807) is 23.3 Å². The van der Waals surface area contributed by atoms with Crippen LogP contribution < -0.4 is 16.6 Å². The summed E-state index contributed by atoms with van der Waals surface area (Å²) in [5, 5.41) is 12.3. The van der Waals surface area contributed by atoms with Gasteiger partial charge in [0.25, 0.3) is 0 Å². The maximum Gasteiger partial charge on any atom is 0.243 e. The van der Waals surface area contributed by atoms with Gasteiger partial charge in [-0.1, -0.05) is 0 Å². The zero-order valence-electron chi connectivity index (χ0n) is 11.5. The Morgan fingerprint density at radius 3 is 2.71 bits per heavy atom. The van der Waals surface area contributed by atoms with E-state index in [2.05, 4.69) is 30.7 Å². The SMILES string of the molecule is NNc1nc(NCC2(CCO)CC2)nc(-n2ccnc2)n1. The van der Waals surface area contributed by atoms with Crippen LogP contribution in [0.2, 0.25) is 0 Å². The maximum atomic E-state index is 9.08. The third kappa shape index (κ3) is 3.09. The fraction of sp³-hybridized carbons (Fsp3) is 0.500. The summed E-state index contributed by atoms with van der Waals surface area (Å²) in [6, 6.07) is 0. The molecule has 0 unspecified atom stereocenters. The van der Waals surface area contributed by atoms with Crippen molar-refractivity contribution in [3.05, 3.63) is 18.7 Å². The number of hydrogen-bond donors (Lipinski definition) is 4. The van der Waals surface area contributed by atoms with E-state index in [4.69, 9.17) is 10.9 Å². The molecule has 0 spiro atoms. The van der Waals surface area contributed by atoms with Crippen LogP contribution in [0, 0.1) is 5.41 Å². The van der Waals surface area contributed by atoms with Crippen molar-refractivity contribution in [2.45, 2.75) is 19.3 Å². The van der Waals surface area contributed by atoms with Crippen molar-refractivity contribution in [3.63, 3.8) is 0 Å². The number of rotatable bonds is 7. The van der Waals surface area contributed by atoms with E-state index < -0.39 is 0 Å². The molecule has 0 aliphatic heterocycles. The van der Waals surface area contributed by atoms with Gasteiger partial charge in [-0.15, -0.1) is 0 Å². The van der Waals surface area contributed by atoms with E-state index in [9.17, 15) is 0 Å². The molecule has 3 rings (SSSR count). The fourth-order valence-corrected chi connectivity index (χ4v) is 2.20. The second kappa shape index (κ2) is 5.62. The summed E-state index contributed by atoms with van der Waals surface area (Å²) in [6.45, 7) is 0.930. The van der Waals surface area contributed by atoms with Crippen LogP contribution in [0.1, 0.15) is 19.3 Å². The molecule has 0 aromatic carbocycles. The number of imidazole rings is 1. The van der Waals surface area contributed by atoms with Gasteiger partial charge in [-0.2, -0.15) is 15.0 Å². The molecule has 1 aliphatic carbocycles. The van der Waals surface area contributed by atoms with Crippen molar-refractivity contribution in [1.82, 2.24) is 24.5 Å². The fourth-order valence-electron chi connectivity index (χ4n) is 2.20. The van der Waals surface area contributed by atoms with Crippen LogP contribution in [0.25, 0.3) is 5.95 Å².